The average molecular weight is 334 g/mol. The Hall–Kier alpha value is -1.96. The van der Waals surface area contributed by atoms with Gasteiger partial charge in [0.05, 0.1) is 0 Å². The highest BCUT2D eigenvalue weighted by molar-refractivity contribution is 5.46. The summed E-state index contributed by atoms with van der Waals surface area (Å²) in [5.41, 5.74) is 2.73. The summed E-state index contributed by atoms with van der Waals surface area (Å²) in [6.07, 6.45) is 8.16. The summed E-state index contributed by atoms with van der Waals surface area (Å²) in [5.74, 6) is 3.97. The van der Waals surface area contributed by atoms with Crippen LogP contribution in [-0.4, -0.2) is 10.2 Å². The molecule has 25 heavy (non-hydrogen) atoms. The van der Waals surface area contributed by atoms with Crippen LogP contribution in [0.2, 0.25) is 0 Å². The maximum atomic E-state index is 9.78. The van der Waals surface area contributed by atoms with Gasteiger partial charge in [-0.2, -0.15) is 0 Å². The second-order valence-electron chi connectivity index (χ2n) is 8.48. The number of aromatic hydroxyl groups is 2. The van der Waals surface area contributed by atoms with Gasteiger partial charge < -0.3 is 10.2 Å². The van der Waals surface area contributed by atoms with Crippen molar-refractivity contribution in [3.8, 4) is 11.5 Å². The van der Waals surface area contributed by atoms with Gasteiger partial charge in [-0.1, -0.05) is 37.1 Å². The zero-order chi connectivity index (χ0) is 17.0. The van der Waals surface area contributed by atoms with E-state index in [-0.39, 0.29) is 5.41 Å². The summed E-state index contributed by atoms with van der Waals surface area (Å²) in [4.78, 5) is 0. The van der Waals surface area contributed by atoms with Crippen molar-refractivity contribution >= 4 is 0 Å². The Labute approximate surface area is 149 Å². The minimum atomic E-state index is 0.0462. The molecule has 4 atom stereocenters. The van der Waals surface area contributed by atoms with Crippen LogP contribution < -0.4 is 0 Å². The fourth-order valence-electron chi connectivity index (χ4n) is 6.66. The van der Waals surface area contributed by atoms with Gasteiger partial charge in [0.15, 0.2) is 0 Å². The number of rotatable bonds is 2. The molecule has 3 aliphatic carbocycles. The Morgan fingerprint density at radius 3 is 1.80 bits per heavy atom. The van der Waals surface area contributed by atoms with Gasteiger partial charge in [-0.3, -0.25) is 0 Å². The molecule has 3 aliphatic rings. The van der Waals surface area contributed by atoms with Crippen molar-refractivity contribution in [3.63, 3.8) is 0 Å². The highest BCUT2D eigenvalue weighted by Gasteiger charge is 2.60. The number of phenolic OH excluding ortho intramolecular Hbond substituents is 2. The van der Waals surface area contributed by atoms with Gasteiger partial charge in [0.25, 0.3) is 0 Å². The average Bonchev–Trinajstić information content (AvgIpc) is 3.21. The quantitative estimate of drug-likeness (QED) is 0.789. The van der Waals surface area contributed by atoms with Crippen LogP contribution in [0.1, 0.15) is 49.7 Å². The first kappa shape index (κ1) is 15.3. The Morgan fingerprint density at radius 1 is 0.720 bits per heavy atom. The van der Waals surface area contributed by atoms with E-state index in [2.05, 4.69) is 24.3 Å². The van der Waals surface area contributed by atoms with Crippen LogP contribution in [0, 0.1) is 23.7 Å². The second-order valence-corrected chi connectivity index (χ2v) is 8.48. The molecule has 130 valence electrons. The van der Waals surface area contributed by atoms with Crippen molar-refractivity contribution in [2.24, 2.45) is 23.7 Å². The molecule has 0 heterocycles. The molecule has 4 unspecified atom stereocenters. The normalized spacial score (nSPS) is 32.5. The number of hydrogen-bond donors (Lipinski definition) is 2. The Kier molecular flexibility index (Phi) is 3.38. The lowest BCUT2D eigenvalue weighted by molar-refractivity contribution is 0.110. The van der Waals surface area contributed by atoms with E-state index in [1.54, 1.807) is 0 Å². The number of hydrogen-bond acceptors (Lipinski definition) is 2. The first-order valence-corrected chi connectivity index (χ1v) is 9.77. The van der Waals surface area contributed by atoms with E-state index in [1.165, 1.54) is 49.7 Å². The largest absolute Gasteiger partial charge is 0.508 e. The summed E-state index contributed by atoms with van der Waals surface area (Å²) in [5, 5.41) is 19.6. The van der Waals surface area contributed by atoms with Crippen molar-refractivity contribution in [1.82, 2.24) is 0 Å². The van der Waals surface area contributed by atoms with Crippen LogP contribution >= 0.6 is 0 Å². The van der Waals surface area contributed by atoms with Crippen molar-refractivity contribution in [1.29, 1.82) is 0 Å². The molecule has 0 saturated heterocycles. The van der Waals surface area contributed by atoms with E-state index >= 15 is 0 Å². The van der Waals surface area contributed by atoms with E-state index < -0.39 is 0 Å². The molecule has 2 aromatic rings. The predicted molar refractivity (Wildman–Crippen MR) is 98.7 cm³/mol. The van der Waals surface area contributed by atoms with Crippen molar-refractivity contribution in [3.05, 3.63) is 59.7 Å². The molecule has 3 fully saturated rings. The third kappa shape index (κ3) is 2.16. The molecule has 2 nitrogen and oxygen atoms in total. The van der Waals surface area contributed by atoms with Gasteiger partial charge in [-0.05, 0) is 84.7 Å². The number of benzene rings is 2. The summed E-state index contributed by atoms with van der Waals surface area (Å²) in [7, 11) is 0. The van der Waals surface area contributed by atoms with Gasteiger partial charge in [0, 0.05) is 5.41 Å². The number of fused-ring (bicyclic) bond motifs is 5. The maximum absolute atomic E-state index is 9.78. The third-order valence-electron chi connectivity index (χ3n) is 7.54. The maximum Gasteiger partial charge on any atom is 0.115 e. The molecule has 0 aromatic heterocycles. The fraction of sp³-hybridized carbons (Fsp3) is 0.478. The first-order valence-electron chi connectivity index (χ1n) is 9.77. The van der Waals surface area contributed by atoms with Gasteiger partial charge in [-0.15, -0.1) is 0 Å². The van der Waals surface area contributed by atoms with E-state index in [0.29, 0.717) is 17.4 Å². The van der Waals surface area contributed by atoms with Crippen LogP contribution in [-0.2, 0) is 5.41 Å². The van der Waals surface area contributed by atoms with Gasteiger partial charge in [0.1, 0.15) is 11.5 Å². The lowest BCUT2D eigenvalue weighted by Gasteiger charge is -2.47. The van der Waals surface area contributed by atoms with Crippen LogP contribution in [0.3, 0.4) is 0 Å². The lowest BCUT2D eigenvalue weighted by atomic mass is 9.56. The van der Waals surface area contributed by atoms with E-state index in [9.17, 15) is 10.2 Å². The van der Waals surface area contributed by atoms with Gasteiger partial charge in [0.2, 0.25) is 0 Å². The molecule has 2 aromatic carbocycles. The van der Waals surface area contributed by atoms with E-state index in [1.807, 2.05) is 24.3 Å². The highest BCUT2D eigenvalue weighted by Crippen LogP contribution is 2.67. The fourth-order valence-corrected chi connectivity index (χ4v) is 6.66. The van der Waals surface area contributed by atoms with E-state index in [0.717, 1.165) is 17.8 Å². The van der Waals surface area contributed by atoms with Gasteiger partial charge in [-0.25, -0.2) is 0 Å². The minimum Gasteiger partial charge on any atom is -0.508 e. The van der Waals surface area contributed by atoms with Crippen molar-refractivity contribution < 1.29 is 10.2 Å². The Balaban J connectivity index is 1.65. The molecule has 0 amide bonds. The molecule has 0 spiro atoms. The molecule has 0 radical (unpaired) electrons. The first-order chi connectivity index (χ1) is 12.2. The van der Waals surface area contributed by atoms with Crippen molar-refractivity contribution in [2.45, 2.75) is 43.9 Å². The summed E-state index contributed by atoms with van der Waals surface area (Å²) >= 11 is 0. The Morgan fingerprint density at radius 2 is 1.24 bits per heavy atom. The monoisotopic (exact) mass is 334 g/mol. The highest BCUT2D eigenvalue weighted by atomic mass is 16.3. The predicted octanol–water partition coefficient (Wildman–Crippen LogP) is 5.23. The second kappa shape index (κ2) is 5.52. The number of phenols is 2. The molecule has 2 bridgehead atoms. The van der Waals surface area contributed by atoms with Crippen LogP contribution in [0.5, 0.6) is 11.5 Å². The molecule has 0 aliphatic heterocycles. The Bertz CT molecular complexity index is 716. The summed E-state index contributed by atoms with van der Waals surface area (Å²) < 4.78 is 0. The summed E-state index contributed by atoms with van der Waals surface area (Å²) in [6.45, 7) is 0. The third-order valence-corrected chi connectivity index (χ3v) is 7.54. The topological polar surface area (TPSA) is 40.5 Å². The molecule has 2 heteroatoms. The molecular weight excluding hydrogens is 308 g/mol. The van der Waals surface area contributed by atoms with Crippen LogP contribution in [0.15, 0.2) is 48.5 Å². The lowest BCUT2D eigenvalue weighted by Crippen LogP contribution is -2.42. The standard InChI is InChI=1S/C23H26O2/c24-18-9-5-16(6-10-18)23(17-7-11-19(25)12-8-17)14-15-13-22(23)21-4-2-1-3-20(15)21/h5-12,15,20-22,24-25H,1-4,13-14H2. The van der Waals surface area contributed by atoms with Crippen LogP contribution in [0.4, 0.5) is 0 Å². The SMILES string of the molecule is Oc1ccc(C2(c3ccc(O)cc3)CC3CC2C2CCCCC32)cc1. The molecular formula is C23H26O2. The summed E-state index contributed by atoms with van der Waals surface area (Å²) in [6, 6.07) is 15.8. The van der Waals surface area contributed by atoms with Crippen molar-refractivity contribution in [2.75, 3.05) is 0 Å². The van der Waals surface area contributed by atoms with Crippen LogP contribution in [0.25, 0.3) is 0 Å². The zero-order valence-electron chi connectivity index (χ0n) is 14.6. The molecule has 3 saturated carbocycles. The molecule has 2 N–H and O–H groups in total. The van der Waals surface area contributed by atoms with E-state index in [4.69, 9.17) is 0 Å². The van der Waals surface area contributed by atoms with Gasteiger partial charge >= 0.3 is 0 Å². The smallest absolute Gasteiger partial charge is 0.115 e. The molecule has 5 rings (SSSR count). The zero-order valence-corrected chi connectivity index (χ0v) is 14.6. The minimum absolute atomic E-state index is 0.0462.